The van der Waals surface area contributed by atoms with Crippen molar-refractivity contribution >= 4 is 17.0 Å². The smallest absolute Gasteiger partial charge is 0.265 e. The SMILES string of the molecule is C=CCn1cnc2oc(C)c(C(=O)NCCCOCC)c2c1=O. The van der Waals surface area contributed by atoms with Gasteiger partial charge in [-0.25, -0.2) is 4.98 Å². The highest BCUT2D eigenvalue weighted by Gasteiger charge is 2.22. The first-order valence-corrected chi connectivity index (χ1v) is 7.55. The van der Waals surface area contributed by atoms with Crippen molar-refractivity contribution < 1.29 is 13.9 Å². The lowest BCUT2D eigenvalue weighted by Gasteiger charge is -2.05. The molecular formula is C16H21N3O4. The molecule has 2 rings (SSSR count). The van der Waals surface area contributed by atoms with Gasteiger partial charge in [-0.1, -0.05) is 6.08 Å². The van der Waals surface area contributed by atoms with Crippen molar-refractivity contribution in [2.75, 3.05) is 19.8 Å². The molecule has 2 aromatic heterocycles. The molecule has 7 nitrogen and oxygen atoms in total. The van der Waals surface area contributed by atoms with E-state index in [0.717, 1.165) is 0 Å². The second kappa shape index (κ2) is 7.73. The van der Waals surface area contributed by atoms with E-state index in [1.54, 1.807) is 13.0 Å². The number of carbonyl (C=O) groups excluding carboxylic acids is 1. The van der Waals surface area contributed by atoms with Crippen molar-refractivity contribution in [3.05, 3.63) is 40.7 Å². The molecule has 0 saturated heterocycles. The van der Waals surface area contributed by atoms with Gasteiger partial charge >= 0.3 is 0 Å². The van der Waals surface area contributed by atoms with Gasteiger partial charge in [-0.05, 0) is 20.3 Å². The molecule has 1 N–H and O–H groups in total. The highest BCUT2D eigenvalue weighted by molar-refractivity contribution is 6.06. The van der Waals surface area contributed by atoms with Crippen LogP contribution < -0.4 is 10.9 Å². The number of rotatable bonds is 8. The molecule has 124 valence electrons. The summed E-state index contributed by atoms with van der Waals surface area (Å²) in [7, 11) is 0. The Hall–Kier alpha value is -2.41. The van der Waals surface area contributed by atoms with Crippen LogP contribution in [0.1, 0.15) is 29.5 Å². The average molecular weight is 319 g/mol. The molecule has 1 amide bonds. The normalized spacial score (nSPS) is 10.9. The first-order valence-electron chi connectivity index (χ1n) is 7.55. The van der Waals surface area contributed by atoms with Gasteiger partial charge in [0, 0.05) is 26.3 Å². The molecule has 7 heteroatoms. The second-order valence-corrected chi connectivity index (χ2v) is 5.01. The molecule has 0 atom stereocenters. The molecule has 0 aliphatic rings. The summed E-state index contributed by atoms with van der Waals surface area (Å²) in [6, 6.07) is 0. The Kier molecular flexibility index (Phi) is 5.70. The predicted octanol–water partition coefficient (Wildman–Crippen LogP) is 1.64. The monoisotopic (exact) mass is 319 g/mol. The van der Waals surface area contributed by atoms with Crippen molar-refractivity contribution in [3.8, 4) is 0 Å². The van der Waals surface area contributed by atoms with E-state index in [-0.39, 0.29) is 28.1 Å². The van der Waals surface area contributed by atoms with Gasteiger partial charge in [0.1, 0.15) is 17.5 Å². The minimum atomic E-state index is -0.340. The molecule has 23 heavy (non-hydrogen) atoms. The number of nitrogens with zero attached hydrogens (tertiary/aromatic N) is 2. The zero-order valence-electron chi connectivity index (χ0n) is 13.4. The maximum atomic E-state index is 12.5. The zero-order chi connectivity index (χ0) is 16.8. The van der Waals surface area contributed by atoms with Crippen LogP contribution in [0.25, 0.3) is 11.1 Å². The second-order valence-electron chi connectivity index (χ2n) is 5.01. The molecule has 0 aliphatic carbocycles. The van der Waals surface area contributed by atoms with Gasteiger partial charge in [-0.2, -0.15) is 0 Å². The van der Waals surface area contributed by atoms with Crippen LogP contribution in [0.15, 0.2) is 28.2 Å². The van der Waals surface area contributed by atoms with Crippen molar-refractivity contribution in [2.24, 2.45) is 0 Å². The number of carbonyl (C=O) groups is 1. The van der Waals surface area contributed by atoms with E-state index in [4.69, 9.17) is 9.15 Å². The molecule has 0 aromatic carbocycles. The Morgan fingerprint density at radius 1 is 1.57 bits per heavy atom. The van der Waals surface area contributed by atoms with Crippen LogP contribution in [-0.2, 0) is 11.3 Å². The van der Waals surface area contributed by atoms with Crippen LogP contribution in [0.2, 0.25) is 0 Å². The summed E-state index contributed by atoms with van der Waals surface area (Å²) in [5, 5.41) is 2.98. The fourth-order valence-electron chi connectivity index (χ4n) is 2.29. The summed E-state index contributed by atoms with van der Waals surface area (Å²) in [4.78, 5) is 29.0. The summed E-state index contributed by atoms with van der Waals surface area (Å²) >= 11 is 0. The van der Waals surface area contributed by atoms with Crippen LogP contribution in [-0.4, -0.2) is 35.2 Å². The molecule has 0 bridgehead atoms. The van der Waals surface area contributed by atoms with Crippen molar-refractivity contribution in [2.45, 2.75) is 26.8 Å². The number of amides is 1. The Morgan fingerprint density at radius 2 is 2.35 bits per heavy atom. The largest absolute Gasteiger partial charge is 0.442 e. The summed E-state index contributed by atoms with van der Waals surface area (Å²) < 4.78 is 12.0. The molecule has 0 aliphatic heterocycles. The Labute approximate surface area is 134 Å². The lowest BCUT2D eigenvalue weighted by molar-refractivity contribution is 0.0944. The number of hydrogen-bond donors (Lipinski definition) is 1. The predicted molar refractivity (Wildman–Crippen MR) is 86.6 cm³/mol. The highest BCUT2D eigenvalue weighted by Crippen LogP contribution is 2.20. The third kappa shape index (κ3) is 3.68. The number of nitrogens with one attached hydrogen (secondary N) is 1. The molecule has 0 saturated carbocycles. The number of ether oxygens (including phenoxy) is 1. The first kappa shape index (κ1) is 17.0. The third-order valence-corrected chi connectivity index (χ3v) is 3.36. The highest BCUT2D eigenvalue weighted by atomic mass is 16.5. The summed E-state index contributed by atoms with van der Waals surface area (Å²) in [5.74, 6) is 0.0382. The van der Waals surface area contributed by atoms with Gasteiger partial charge in [-0.3, -0.25) is 14.2 Å². The molecule has 0 unspecified atom stereocenters. The fourth-order valence-corrected chi connectivity index (χ4v) is 2.29. The summed E-state index contributed by atoms with van der Waals surface area (Å²) in [6.45, 7) is 9.18. The number of aryl methyl sites for hydroxylation is 1. The van der Waals surface area contributed by atoms with Gasteiger partial charge in [0.15, 0.2) is 0 Å². The minimum absolute atomic E-state index is 0.173. The van der Waals surface area contributed by atoms with E-state index < -0.39 is 0 Å². The number of furan rings is 1. The van der Waals surface area contributed by atoms with E-state index in [1.165, 1.54) is 10.9 Å². The topological polar surface area (TPSA) is 86.4 Å². The maximum absolute atomic E-state index is 12.5. The number of aromatic nitrogens is 2. The molecular weight excluding hydrogens is 298 g/mol. The van der Waals surface area contributed by atoms with Crippen molar-refractivity contribution in [1.82, 2.24) is 14.9 Å². The van der Waals surface area contributed by atoms with Gasteiger partial charge < -0.3 is 14.5 Å². The molecule has 0 radical (unpaired) electrons. The van der Waals surface area contributed by atoms with Crippen molar-refractivity contribution in [1.29, 1.82) is 0 Å². The van der Waals surface area contributed by atoms with E-state index >= 15 is 0 Å². The molecule has 2 heterocycles. The Morgan fingerprint density at radius 3 is 3.04 bits per heavy atom. The van der Waals surface area contributed by atoms with Gasteiger partial charge in [0.25, 0.3) is 11.5 Å². The number of allylic oxidation sites excluding steroid dienone is 1. The van der Waals surface area contributed by atoms with Crippen LogP contribution in [0.5, 0.6) is 0 Å². The summed E-state index contributed by atoms with van der Waals surface area (Å²) in [5.41, 5.74) is 0.103. The quantitative estimate of drug-likeness (QED) is 0.590. The lowest BCUT2D eigenvalue weighted by atomic mass is 10.1. The van der Waals surface area contributed by atoms with E-state index in [2.05, 4.69) is 16.9 Å². The van der Waals surface area contributed by atoms with Crippen LogP contribution >= 0.6 is 0 Å². The average Bonchev–Trinajstić information content (AvgIpc) is 2.87. The summed E-state index contributed by atoms with van der Waals surface area (Å²) in [6.07, 6.45) is 3.68. The number of fused-ring (bicyclic) bond motifs is 1. The van der Waals surface area contributed by atoms with E-state index in [9.17, 15) is 9.59 Å². The van der Waals surface area contributed by atoms with Crippen LogP contribution in [0.4, 0.5) is 0 Å². The lowest BCUT2D eigenvalue weighted by Crippen LogP contribution is -2.28. The minimum Gasteiger partial charge on any atom is -0.442 e. The number of hydrogen-bond acceptors (Lipinski definition) is 5. The molecule has 2 aromatic rings. The third-order valence-electron chi connectivity index (χ3n) is 3.36. The van der Waals surface area contributed by atoms with Crippen molar-refractivity contribution in [3.63, 3.8) is 0 Å². The maximum Gasteiger partial charge on any atom is 0.265 e. The van der Waals surface area contributed by atoms with E-state index in [1.807, 2.05) is 6.92 Å². The van der Waals surface area contributed by atoms with Gasteiger partial charge in [-0.15, -0.1) is 6.58 Å². The van der Waals surface area contributed by atoms with Gasteiger partial charge in [0.05, 0.1) is 5.56 Å². The standard InChI is InChI=1S/C16H21N3O4/c1-4-8-19-10-18-15-13(16(19)21)12(11(3)23-15)14(20)17-7-6-9-22-5-2/h4,10H,1,5-9H2,2-3H3,(H,17,20). The van der Waals surface area contributed by atoms with E-state index in [0.29, 0.717) is 38.5 Å². The zero-order valence-corrected chi connectivity index (χ0v) is 13.4. The molecule has 0 fully saturated rings. The Bertz CT molecular complexity index is 761. The van der Waals surface area contributed by atoms with Crippen LogP contribution in [0.3, 0.4) is 0 Å². The van der Waals surface area contributed by atoms with Crippen LogP contribution in [0, 0.1) is 6.92 Å². The van der Waals surface area contributed by atoms with Gasteiger partial charge in [0.2, 0.25) is 5.71 Å². The Balaban J connectivity index is 2.27. The first-order chi connectivity index (χ1) is 11.1. The fraction of sp³-hybridized carbons (Fsp3) is 0.438. The molecule has 0 spiro atoms.